The van der Waals surface area contributed by atoms with E-state index in [9.17, 15) is 9.59 Å². The van der Waals surface area contributed by atoms with Crippen molar-refractivity contribution in [2.45, 2.75) is 26.5 Å². The second-order valence-corrected chi connectivity index (χ2v) is 7.01. The summed E-state index contributed by atoms with van der Waals surface area (Å²) in [5.41, 5.74) is 3.74. The van der Waals surface area contributed by atoms with Crippen molar-refractivity contribution in [1.82, 2.24) is 4.90 Å². The molecule has 0 atom stereocenters. The summed E-state index contributed by atoms with van der Waals surface area (Å²) in [6.07, 6.45) is 0. The predicted molar refractivity (Wildman–Crippen MR) is 110 cm³/mol. The van der Waals surface area contributed by atoms with E-state index in [1.165, 1.54) is 11.1 Å². The fourth-order valence-corrected chi connectivity index (χ4v) is 3.55. The highest BCUT2D eigenvalue weighted by molar-refractivity contribution is 7.99. The van der Waals surface area contributed by atoms with Crippen LogP contribution in [0, 0.1) is 6.92 Å². The van der Waals surface area contributed by atoms with Crippen molar-refractivity contribution in [2.75, 3.05) is 24.2 Å². The van der Waals surface area contributed by atoms with E-state index >= 15 is 0 Å². The van der Waals surface area contributed by atoms with Crippen LogP contribution in [-0.4, -0.2) is 35.6 Å². The first-order chi connectivity index (χ1) is 12.5. The van der Waals surface area contributed by atoms with Crippen LogP contribution in [0.4, 0.5) is 5.69 Å². The zero-order valence-electron chi connectivity index (χ0n) is 15.6. The Hall–Kier alpha value is -2.27. The minimum Gasteiger partial charge on any atom is -0.339 e. The third kappa shape index (κ3) is 5.63. The van der Waals surface area contributed by atoms with Crippen LogP contribution >= 0.6 is 11.8 Å². The average Bonchev–Trinajstić information content (AvgIpc) is 2.64. The number of anilines is 1. The van der Waals surface area contributed by atoms with Gasteiger partial charge in [0.25, 0.3) is 5.91 Å². The maximum absolute atomic E-state index is 12.4. The Morgan fingerprint density at radius 3 is 2.46 bits per heavy atom. The largest absolute Gasteiger partial charge is 0.339 e. The first-order valence-electron chi connectivity index (χ1n) is 8.86. The lowest BCUT2D eigenvalue weighted by molar-refractivity contribution is -0.113. The number of aryl methyl sites for hydroxylation is 1. The van der Waals surface area contributed by atoms with Gasteiger partial charge >= 0.3 is 0 Å². The number of amides is 2. The standard InChI is InChI=1S/C21H26N2O2S/c1-4-23(5-2)21(25)17-11-8-12-19(13-17)22-20(24)15-26-14-18-10-7-6-9-16(18)3/h6-13H,4-5,14-15H2,1-3H3,(H,22,24). The molecule has 0 bridgehead atoms. The monoisotopic (exact) mass is 370 g/mol. The predicted octanol–water partition coefficient (Wildman–Crippen LogP) is 4.35. The van der Waals surface area contributed by atoms with E-state index in [2.05, 4.69) is 24.4 Å². The number of nitrogens with one attached hydrogen (secondary N) is 1. The summed E-state index contributed by atoms with van der Waals surface area (Å²) in [6.45, 7) is 7.33. The van der Waals surface area contributed by atoms with Crippen LogP contribution in [0.3, 0.4) is 0 Å². The van der Waals surface area contributed by atoms with Crippen LogP contribution < -0.4 is 5.32 Å². The van der Waals surface area contributed by atoms with Crippen LogP contribution in [0.1, 0.15) is 35.3 Å². The summed E-state index contributed by atoms with van der Waals surface area (Å²) in [6, 6.07) is 15.3. The Morgan fingerprint density at radius 2 is 1.77 bits per heavy atom. The Morgan fingerprint density at radius 1 is 1.04 bits per heavy atom. The Kier molecular flexibility index (Phi) is 7.73. The van der Waals surface area contributed by atoms with Crippen LogP contribution in [0.15, 0.2) is 48.5 Å². The van der Waals surface area contributed by atoms with Crippen molar-refractivity contribution in [3.8, 4) is 0 Å². The van der Waals surface area contributed by atoms with Crippen LogP contribution in [0.5, 0.6) is 0 Å². The van der Waals surface area contributed by atoms with E-state index in [0.29, 0.717) is 30.1 Å². The van der Waals surface area contributed by atoms with Gasteiger partial charge in [-0.2, -0.15) is 0 Å². The number of hydrogen-bond acceptors (Lipinski definition) is 3. The molecule has 5 heteroatoms. The number of benzene rings is 2. The summed E-state index contributed by atoms with van der Waals surface area (Å²) >= 11 is 1.58. The van der Waals surface area contributed by atoms with Crippen molar-refractivity contribution in [2.24, 2.45) is 0 Å². The smallest absolute Gasteiger partial charge is 0.253 e. The van der Waals surface area contributed by atoms with Crippen molar-refractivity contribution in [3.63, 3.8) is 0 Å². The van der Waals surface area contributed by atoms with Gasteiger partial charge in [0.1, 0.15) is 0 Å². The molecule has 2 rings (SSSR count). The summed E-state index contributed by atoms with van der Waals surface area (Å²) < 4.78 is 0. The van der Waals surface area contributed by atoms with Gasteiger partial charge in [-0.3, -0.25) is 9.59 Å². The van der Waals surface area contributed by atoms with Crippen molar-refractivity contribution in [1.29, 1.82) is 0 Å². The molecular weight excluding hydrogens is 344 g/mol. The summed E-state index contributed by atoms with van der Waals surface area (Å²) in [5, 5.41) is 2.88. The number of hydrogen-bond donors (Lipinski definition) is 1. The van der Waals surface area contributed by atoms with Gasteiger partial charge in [0.2, 0.25) is 5.91 Å². The number of carbonyl (C=O) groups excluding carboxylic acids is 2. The van der Waals surface area contributed by atoms with Gasteiger partial charge in [0, 0.05) is 30.1 Å². The molecule has 0 saturated carbocycles. The molecule has 0 spiro atoms. The Balaban J connectivity index is 1.90. The fraction of sp³-hybridized carbons (Fsp3) is 0.333. The maximum atomic E-state index is 12.4. The lowest BCUT2D eigenvalue weighted by Gasteiger charge is -2.19. The molecule has 0 heterocycles. The second kappa shape index (κ2) is 10.0. The van der Waals surface area contributed by atoms with Crippen molar-refractivity contribution in [3.05, 3.63) is 65.2 Å². The molecule has 4 nitrogen and oxygen atoms in total. The van der Waals surface area contributed by atoms with Gasteiger partial charge in [0.15, 0.2) is 0 Å². The van der Waals surface area contributed by atoms with Gasteiger partial charge in [-0.1, -0.05) is 30.3 Å². The van der Waals surface area contributed by atoms with E-state index in [4.69, 9.17) is 0 Å². The molecule has 0 aromatic heterocycles. The lowest BCUT2D eigenvalue weighted by atomic mass is 10.1. The minimum atomic E-state index is -0.0592. The van der Waals surface area contributed by atoms with E-state index in [-0.39, 0.29) is 11.8 Å². The van der Waals surface area contributed by atoms with Gasteiger partial charge in [-0.25, -0.2) is 0 Å². The molecule has 138 valence electrons. The molecule has 26 heavy (non-hydrogen) atoms. The normalized spacial score (nSPS) is 10.4. The van der Waals surface area contributed by atoms with Crippen molar-refractivity contribution < 1.29 is 9.59 Å². The first-order valence-corrected chi connectivity index (χ1v) is 10.0. The van der Waals surface area contributed by atoms with Crippen LogP contribution in [0.2, 0.25) is 0 Å². The molecule has 0 aliphatic rings. The zero-order valence-corrected chi connectivity index (χ0v) is 16.4. The van der Waals surface area contributed by atoms with Gasteiger partial charge in [0.05, 0.1) is 5.75 Å². The molecule has 0 radical (unpaired) electrons. The van der Waals surface area contributed by atoms with E-state index < -0.39 is 0 Å². The molecule has 2 amide bonds. The SMILES string of the molecule is CCN(CC)C(=O)c1cccc(NC(=O)CSCc2ccccc2C)c1. The second-order valence-electron chi connectivity index (χ2n) is 6.03. The third-order valence-corrected chi connectivity index (χ3v) is 5.18. The molecular formula is C21H26N2O2S. The average molecular weight is 371 g/mol. The van der Waals surface area contributed by atoms with E-state index in [1.807, 2.05) is 32.0 Å². The third-order valence-electron chi connectivity index (χ3n) is 4.20. The zero-order chi connectivity index (χ0) is 18.9. The highest BCUT2D eigenvalue weighted by Crippen LogP contribution is 2.17. The molecule has 0 unspecified atom stereocenters. The topological polar surface area (TPSA) is 49.4 Å². The van der Waals surface area contributed by atoms with E-state index in [0.717, 1.165) is 5.75 Å². The molecule has 0 aliphatic heterocycles. The number of nitrogens with zero attached hydrogens (tertiary/aromatic N) is 1. The molecule has 0 aliphatic carbocycles. The summed E-state index contributed by atoms with van der Waals surface area (Å²) in [5.74, 6) is 1.11. The van der Waals surface area contributed by atoms with Crippen LogP contribution in [0.25, 0.3) is 0 Å². The molecule has 1 N–H and O–H groups in total. The quantitative estimate of drug-likeness (QED) is 0.751. The van der Waals surface area contributed by atoms with Crippen LogP contribution in [-0.2, 0) is 10.5 Å². The Labute approximate surface area is 160 Å². The highest BCUT2D eigenvalue weighted by atomic mass is 32.2. The van der Waals surface area contributed by atoms with E-state index in [1.54, 1.807) is 34.9 Å². The summed E-state index contributed by atoms with van der Waals surface area (Å²) in [7, 11) is 0. The van der Waals surface area contributed by atoms with Gasteiger partial charge in [-0.15, -0.1) is 11.8 Å². The molecule has 2 aromatic rings. The Bertz CT molecular complexity index is 757. The number of thioether (sulfide) groups is 1. The number of rotatable bonds is 8. The lowest BCUT2D eigenvalue weighted by Crippen LogP contribution is -2.30. The van der Waals surface area contributed by atoms with Gasteiger partial charge < -0.3 is 10.2 Å². The first kappa shape index (κ1) is 20.0. The summed E-state index contributed by atoms with van der Waals surface area (Å²) in [4.78, 5) is 26.4. The minimum absolute atomic E-state index is 0.0139. The molecule has 0 fully saturated rings. The van der Waals surface area contributed by atoms with Crippen molar-refractivity contribution >= 4 is 29.3 Å². The fourth-order valence-electron chi connectivity index (χ4n) is 2.65. The molecule has 0 saturated heterocycles. The number of carbonyl (C=O) groups is 2. The maximum Gasteiger partial charge on any atom is 0.253 e. The highest BCUT2D eigenvalue weighted by Gasteiger charge is 2.13. The molecule has 2 aromatic carbocycles. The van der Waals surface area contributed by atoms with Gasteiger partial charge in [-0.05, 0) is 50.1 Å².